The molecule has 0 amide bonds. The first-order valence-electron chi connectivity index (χ1n) is 25.2. The van der Waals surface area contributed by atoms with Crippen LogP contribution in [-0.4, -0.2) is 0 Å². The summed E-state index contributed by atoms with van der Waals surface area (Å²) >= 11 is 0. The van der Waals surface area contributed by atoms with Crippen LogP contribution in [0.3, 0.4) is 0 Å². The quantitative estimate of drug-likeness (QED) is 0.0746. The van der Waals surface area contributed by atoms with Gasteiger partial charge in [0.05, 0.1) is 0 Å². The molecule has 0 heterocycles. The Morgan fingerprint density at radius 1 is 0.296 bits per heavy atom. The first-order chi connectivity index (χ1) is 35.1. The largest absolute Gasteiger partial charge is 0.317 e. The normalized spacial score (nSPS) is 11.1. The van der Waals surface area contributed by atoms with Crippen molar-refractivity contribution in [1.82, 2.24) is 0 Å². The molecule has 0 fully saturated rings. The minimum Gasteiger partial charge on any atom is -0.317 e. The second-order valence-electron chi connectivity index (χ2n) is 18.0. The third-order valence-electron chi connectivity index (χ3n) is 12.9. The van der Waals surface area contributed by atoms with Crippen LogP contribution >= 0.6 is 0 Å². The standard InChI is InChI=1S/C69H62N2/c1-3-5-19-55-38-46-65(47-39-55)71(53-69(62-24-14-8-15-25-62)63-26-16-9-17-27-63)67-50-42-59(43-51-67)35-33-57-30-28-56(29-31-57)32-34-58-40-48-66(49-41-58)70(64-44-36-54(18-4-2)37-45-64)52-68(60-20-10-6-11-21-60)61-22-12-7-13-23-61/h6-17,20-53H,3-5,18-19H2,1-2H3. The zero-order valence-corrected chi connectivity index (χ0v) is 41.0. The van der Waals surface area contributed by atoms with Gasteiger partial charge in [0, 0.05) is 46.3 Å². The third kappa shape index (κ3) is 12.8. The summed E-state index contributed by atoms with van der Waals surface area (Å²) < 4.78 is 0. The lowest BCUT2D eigenvalue weighted by atomic mass is 9.98. The van der Waals surface area contributed by atoms with Crippen molar-refractivity contribution in [3.05, 3.63) is 311 Å². The van der Waals surface area contributed by atoms with Gasteiger partial charge < -0.3 is 9.80 Å². The van der Waals surface area contributed by atoms with Crippen LogP contribution in [0.1, 0.15) is 88.7 Å². The average molecular weight is 919 g/mol. The van der Waals surface area contributed by atoms with Crippen molar-refractivity contribution in [2.24, 2.45) is 0 Å². The third-order valence-corrected chi connectivity index (χ3v) is 12.9. The Bertz CT molecular complexity index is 3070. The van der Waals surface area contributed by atoms with E-state index in [0.29, 0.717) is 0 Å². The van der Waals surface area contributed by atoms with Crippen LogP contribution in [0.2, 0.25) is 0 Å². The van der Waals surface area contributed by atoms with Gasteiger partial charge in [-0.3, -0.25) is 0 Å². The van der Waals surface area contributed by atoms with E-state index in [0.717, 1.165) is 75.4 Å². The highest BCUT2D eigenvalue weighted by Gasteiger charge is 2.14. The lowest BCUT2D eigenvalue weighted by Gasteiger charge is -2.24. The van der Waals surface area contributed by atoms with E-state index in [1.165, 1.54) is 46.2 Å². The molecule has 9 rings (SSSR count). The van der Waals surface area contributed by atoms with E-state index < -0.39 is 0 Å². The van der Waals surface area contributed by atoms with Crippen molar-refractivity contribution in [3.8, 4) is 0 Å². The van der Waals surface area contributed by atoms with Crippen molar-refractivity contribution in [3.63, 3.8) is 0 Å². The summed E-state index contributed by atoms with van der Waals surface area (Å²) in [6.45, 7) is 4.48. The minimum atomic E-state index is 1.07. The van der Waals surface area contributed by atoms with E-state index in [2.05, 4.69) is 303 Å². The number of nitrogens with zero attached hydrogens (tertiary/aromatic N) is 2. The zero-order valence-electron chi connectivity index (χ0n) is 41.0. The number of benzene rings is 9. The minimum absolute atomic E-state index is 1.07. The van der Waals surface area contributed by atoms with Crippen molar-refractivity contribution in [2.45, 2.75) is 46.0 Å². The second-order valence-corrected chi connectivity index (χ2v) is 18.0. The second kappa shape index (κ2) is 24.2. The van der Waals surface area contributed by atoms with Crippen molar-refractivity contribution in [2.75, 3.05) is 9.80 Å². The fourth-order valence-electron chi connectivity index (χ4n) is 8.87. The Morgan fingerprint density at radius 3 is 0.845 bits per heavy atom. The molecule has 0 radical (unpaired) electrons. The van der Waals surface area contributed by atoms with Crippen molar-refractivity contribution in [1.29, 1.82) is 0 Å². The van der Waals surface area contributed by atoms with Crippen LogP contribution in [0.5, 0.6) is 0 Å². The van der Waals surface area contributed by atoms with Gasteiger partial charge in [-0.25, -0.2) is 0 Å². The van der Waals surface area contributed by atoms with E-state index >= 15 is 0 Å². The predicted octanol–water partition coefficient (Wildman–Crippen LogP) is 18.8. The first-order valence-corrected chi connectivity index (χ1v) is 25.2. The first kappa shape index (κ1) is 47.6. The molecule has 0 atom stereocenters. The molecule has 0 aliphatic rings. The Labute approximate surface area is 422 Å². The lowest BCUT2D eigenvalue weighted by molar-refractivity contribution is 0.795. The smallest absolute Gasteiger partial charge is 0.0456 e. The number of anilines is 4. The predicted molar refractivity (Wildman–Crippen MR) is 307 cm³/mol. The molecule has 0 N–H and O–H groups in total. The van der Waals surface area contributed by atoms with Crippen LogP contribution in [0, 0.1) is 0 Å². The fourth-order valence-corrected chi connectivity index (χ4v) is 8.87. The van der Waals surface area contributed by atoms with E-state index in [-0.39, 0.29) is 0 Å². The summed E-state index contributed by atoms with van der Waals surface area (Å²) in [4.78, 5) is 4.63. The Kier molecular flexibility index (Phi) is 16.2. The molecule has 348 valence electrons. The Hall–Kier alpha value is -8.46. The van der Waals surface area contributed by atoms with Crippen LogP contribution in [-0.2, 0) is 12.8 Å². The molecular weight excluding hydrogens is 857 g/mol. The molecule has 0 saturated carbocycles. The summed E-state index contributed by atoms with van der Waals surface area (Å²) in [7, 11) is 0. The molecule has 0 unspecified atom stereocenters. The van der Waals surface area contributed by atoms with E-state index in [9.17, 15) is 0 Å². The number of rotatable bonds is 19. The van der Waals surface area contributed by atoms with Crippen LogP contribution in [0.25, 0.3) is 35.5 Å². The van der Waals surface area contributed by atoms with Crippen molar-refractivity contribution >= 4 is 58.2 Å². The molecule has 0 aliphatic heterocycles. The molecule has 0 saturated heterocycles. The highest BCUT2D eigenvalue weighted by atomic mass is 15.1. The monoisotopic (exact) mass is 918 g/mol. The van der Waals surface area contributed by atoms with Gasteiger partial charge >= 0.3 is 0 Å². The SMILES string of the molecule is CCCCc1ccc(N(C=C(c2ccccc2)c2ccccc2)c2ccc(C=Cc3ccc(C=Cc4ccc(N(C=C(c5ccccc5)c5ccccc5)c5ccc(CCC)cc5)cc4)cc3)cc2)cc1. The maximum Gasteiger partial charge on any atom is 0.0456 e. The molecule has 9 aromatic carbocycles. The number of unbranched alkanes of at least 4 members (excludes halogenated alkanes) is 1. The highest BCUT2D eigenvalue weighted by molar-refractivity contribution is 5.86. The van der Waals surface area contributed by atoms with Gasteiger partial charge in [-0.1, -0.05) is 245 Å². The molecule has 9 aromatic rings. The van der Waals surface area contributed by atoms with Gasteiger partial charge in [0.25, 0.3) is 0 Å². The molecule has 2 heteroatoms. The number of hydrogen-bond donors (Lipinski definition) is 0. The molecule has 0 aliphatic carbocycles. The zero-order chi connectivity index (χ0) is 48.5. The van der Waals surface area contributed by atoms with E-state index in [1.807, 2.05) is 0 Å². The summed E-state index contributed by atoms with van der Waals surface area (Å²) in [5.41, 5.74) is 18.8. The number of aryl methyl sites for hydroxylation is 2. The van der Waals surface area contributed by atoms with Crippen LogP contribution < -0.4 is 9.80 Å². The van der Waals surface area contributed by atoms with Gasteiger partial charge in [-0.2, -0.15) is 0 Å². The molecule has 2 nitrogen and oxygen atoms in total. The topological polar surface area (TPSA) is 6.48 Å². The Morgan fingerprint density at radius 2 is 0.563 bits per heavy atom. The van der Waals surface area contributed by atoms with Gasteiger partial charge in [0.1, 0.15) is 0 Å². The maximum absolute atomic E-state index is 2.32. The van der Waals surface area contributed by atoms with Crippen LogP contribution in [0.4, 0.5) is 22.7 Å². The average Bonchev–Trinajstić information content (AvgIpc) is 3.44. The molecular formula is C69H62N2. The van der Waals surface area contributed by atoms with Gasteiger partial charge in [0.2, 0.25) is 0 Å². The number of hydrogen-bond acceptors (Lipinski definition) is 2. The van der Waals surface area contributed by atoms with Gasteiger partial charge in [0.15, 0.2) is 0 Å². The lowest BCUT2D eigenvalue weighted by Crippen LogP contribution is -2.10. The van der Waals surface area contributed by atoms with Gasteiger partial charge in [-0.05, 0) is 123 Å². The molecule has 0 spiro atoms. The molecule has 0 bridgehead atoms. The van der Waals surface area contributed by atoms with Gasteiger partial charge in [-0.15, -0.1) is 0 Å². The summed E-state index contributed by atoms with van der Waals surface area (Å²) in [6.07, 6.45) is 19.0. The van der Waals surface area contributed by atoms with Crippen LogP contribution in [0.15, 0.2) is 255 Å². The van der Waals surface area contributed by atoms with E-state index in [4.69, 9.17) is 0 Å². The van der Waals surface area contributed by atoms with E-state index in [1.54, 1.807) is 0 Å². The summed E-state index contributed by atoms with van der Waals surface area (Å²) in [5, 5.41) is 0. The molecule has 0 aromatic heterocycles. The summed E-state index contributed by atoms with van der Waals surface area (Å²) in [6, 6.07) is 87.2. The summed E-state index contributed by atoms with van der Waals surface area (Å²) in [5.74, 6) is 0. The Balaban J connectivity index is 0.916. The fraction of sp³-hybridized carbons (Fsp3) is 0.101. The highest BCUT2D eigenvalue weighted by Crippen LogP contribution is 2.34. The maximum atomic E-state index is 2.32. The molecule has 71 heavy (non-hydrogen) atoms. The van der Waals surface area contributed by atoms with Crippen molar-refractivity contribution < 1.29 is 0 Å².